The van der Waals surface area contributed by atoms with Gasteiger partial charge in [0.1, 0.15) is 0 Å². The monoisotopic (exact) mass is 209 g/mol. The van der Waals surface area contributed by atoms with Gasteiger partial charge < -0.3 is 14.7 Å². The number of hydrogen-bond acceptors (Lipinski definition) is 2. The molecule has 0 bridgehead atoms. The molecule has 0 saturated carbocycles. The van der Waals surface area contributed by atoms with Gasteiger partial charge in [-0.3, -0.25) is 4.57 Å². The van der Waals surface area contributed by atoms with E-state index in [1.807, 2.05) is 11.9 Å². The molecular formula is C8H20NO3P. The van der Waals surface area contributed by atoms with Gasteiger partial charge >= 0.3 is 7.60 Å². The highest BCUT2D eigenvalue weighted by Gasteiger charge is 2.15. The smallest absolute Gasteiger partial charge is 0.324 e. The van der Waals surface area contributed by atoms with E-state index in [1.54, 1.807) is 0 Å². The Morgan fingerprint density at radius 3 is 2.38 bits per heavy atom. The Morgan fingerprint density at radius 1 is 1.46 bits per heavy atom. The zero-order chi connectivity index (χ0) is 10.5. The Hall–Kier alpha value is 0.110. The van der Waals surface area contributed by atoms with Crippen LogP contribution in [-0.2, 0) is 4.57 Å². The second kappa shape index (κ2) is 5.76. The fourth-order valence-electron chi connectivity index (χ4n) is 1.15. The van der Waals surface area contributed by atoms with Crippen LogP contribution in [0.4, 0.5) is 0 Å². The van der Waals surface area contributed by atoms with Gasteiger partial charge in [-0.2, -0.15) is 0 Å². The van der Waals surface area contributed by atoms with Crippen molar-refractivity contribution in [1.82, 2.24) is 4.90 Å². The molecule has 0 aliphatic heterocycles. The topological polar surface area (TPSA) is 60.8 Å². The first kappa shape index (κ1) is 13.1. The van der Waals surface area contributed by atoms with Crippen molar-refractivity contribution in [2.45, 2.75) is 32.7 Å². The van der Waals surface area contributed by atoms with Gasteiger partial charge in [0, 0.05) is 12.6 Å². The van der Waals surface area contributed by atoms with E-state index in [0.29, 0.717) is 12.6 Å². The van der Waals surface area contributed by atoms with Crippen LogP contribution in [0.5, 0.6) is 0 Å². The van der Waals surface area contributed by atoms with E-state index < -0.39 is 7.60 Å². The van der Waals surface area contributed by atoms with Crippen molar-refractivity contribution in [2.75, 3.05) is 19.8 Å². The average molecular weight is 209 g/mol. The molecular weight excluding hydrogens is 189 g/mol. The SMILES string of the molecule is CCC[C@@H](C)N(C)CCP(=O)(O)O. The maximum Gasteiger partial charge on any atom is 0.326 e. The van der Waals surface area contributed by atoms with Crippen molar-refractivity contribution >= 4 is 7.60 Å². The minimum atomic E-state index is -3.82. The fraction of sp³-hybridized carbons (Fsp3) is 1.00. The maximum absolute atomic E-state index is 10.6. The van der Waals surface area contributed by atoms with Gasteiger partial charge in [-0.1, -0.05) is 13.3 Å². The summed E-state index contributed by atoms with van der Waals surface area (Å²) in [7, 11) is -1.92. The van der Waals surface area contributed by atoms with Crippen molar-refractivity contribution in [2.24, 2.45) is 0 Å². The van der Waals surface area contributed by atoms with Gasteiger partial charge in [-0.05, 0) is 20.4 Å². The fourth-order valence-corrected chi connectivity index (χ4v) is 1.72. The molecule has 0 amide bonds. The summed E-state index contributed by atoms with van der Waals surface area (Å²) in [6.07, 6.45) is 2.12. The highest BCUT2D eigenvalue weighted by Crippen LogP contribution is 2.33. The van der Waals surface area contributed by atoms with Crippen LogP contribution < -0.4 is 0 Å². The number of rotatable bonds is 6. The minimum absolute atomic E-state index is 0.0441. The first-order valence-corrected chi connectivity index (χ1v) is 6.41. The Bertz CT molecular complexity index is 180. The van der Waals surface area contributed by atoms with Crippen molar-refractivity contribution in [3.63, 3.8) is 0 Å². The van der Waals surface area contributed by atoms with Gasteiger partial charge in [0.05, 0.1) is 6.16 Å². The van der Waals surface area contributed by atoms with Crippen LogP contribution in [0.15, 0.2) is 0 Å². The largest absolute Gasteiger partial charge is 0.326 e. The van der Waals surface area contributed by atoms with Crippen LogP contribution in [0.1, 0.15) is 26.7 Å². The molecule has 0 aromatic carbocycles. The lowest BCUT2D eigenvalue weighted by Gasteiger charge is -2.24. The van der Waals surface area contributed by atoms with E-state index in [2.05, 4.69) is 13.8 Å². The van der Waals surface area contributed by atoms with Gasteiger partial charge in [-0.25, -0.2) is 0 Å². The quantitative estimate of drug-likeness (QED) is 0.647. The third kappa shape index (κ3) is 7.20. The molecule has 80 valence electrons. The number of nitrogens with zero attached hydrogens (tertiary/aromatic N) is 1. The lowest BCUT2D eigenvalue weighted by Crippen LogP contribution is -2.31. The molecule has 0 saturated heterocycles. The van der Waals surface area contributed by atoms with Gasteiger partial charge in [0.2, 0.25) is 0 Å². The molecule has 2 N–H and O–H groups in total. The van der Waals surface area contributed by atoms with Crippen LogP contribution in [0.3, 0.4) is 0 Å². The van der Waals surface area contributed by atoms with Gasteiger partial charge in [0.25, 0.3) is 0 Å². The summed E-state index contributed by atoms with van der Waals surface area (Å²) in [6.45, 7) is 4.64. The first-order chi connectivity index (χ1) is 5.87. The molecule has 0 aliphatic rings. The second-order valence-electron chi connectivity index (χ2n) is 3.51. The molecule has 0 aliphatic carbocycles. The summed E-state index contributed by atoms with van der Waals surface area (Å²) in [5.41, 5.74) is 0. The predicted octanol–water partition coefficient (Wildman–Crippen LogP) is 1.28. The molecule has 1 atom stereocenters. The van der Waals surface area contributed by atoms with E-state index in [9.17, 15) is 4.57 Å². The Balaban J connectivity index is 3.73. The molecule has 0 spiro atoms. The summed E-state index contributed by atoms with van der Waals surface area (Å²) >= 11 is 0. The van der Waals surface area contributed by atoms with E-state index in [1.165, 1.54) is 0 Å². The molecule has 5 heteroatoms. The van der Waals surface area contributed by atoms with Crippen LogP contribution in [-0.4, -0.2) is 40.5 Å². The van der Waals surface area contributed by atoms with Crippen molar-refractivity contribution in [3.05, 3.63) is 0 Å². The molecule has 0 fully saturated rings. The lowest BCUT2D eigenvalue weighted by molar-refractivity contribution is 0.252. The lowest BCUT2D eigenvalue weighted by atomic mass is 10.2. The Labute approximate surface area is 80.1 Å². The van der Waals surface area contributed by atoms with E-state index in [-0.39, 0.29) is 6.16 Å². The van der Waals surface area contributed by atoms with E-state index in [0.717, 1.165) is 12.8 Å². The summed E-state index contributed by atoms with van der Waals surface area (Å²) in [6, 6.07) is 0.400. The second-order valence-corrected chi connectivity index (χ2v) is 5.28. The zero-order valence-electron chi connectivity index (χ0n) is 8.60. The third-order valence-electron chi connectivity index (χ3n) is 2.20. The van der Waals surface area contributed by atoms with Crippen LogP contribution in [0, 0.1) is 0 Å². The highest BCUT2D eigenvalue weighted by molar-refractivity contribution is 7.51. The molecule has 0 aromatic rings. The molecule has 0 aromatic heterocycles. The molecule has 0 heterocycles. The highest BCUT2D eigenvalue weighted by atomic mass is 31.2. The van der Waals surface area contributed by atoms with Crippen molar-refractivity contribution in [3.8, 4) is 0 Å². The van der Waals surface area contributed by atoms with Crippen LogP contribution in [0.2, 0.25) is 0 Å². The van der Waals surface area contributed by atoms with Crippen molar-refractivity contribution < 1.29 is 14.4 Å². The Morgan fingerprint density at radius 2 is 2.00 bits per heavy atom. The first-order valence-electron chi connectivity index (χ1n) is 4.61. The molecule has 0 radical (unpaired) electrons. The molecule has 0 rings (SSSR count). The third-order valence-corrected chi connectivity index (χ3v) is 2.99. The van der Waals surface area contributed by atoms with Crippen LogP contribution >= 0.6 is 7.60 Å². The summed E-state index contributed by atoms with van der Waals surface area (Å²) in [5.74, 6) is 0. The van der Waals surface area contributed by atoms with Gasteiger partial charge in [-0.15, -0.1) is 0 Å². The Kier molecular flexibility index (Phi) is 5.81. The molecule has 4 nitrogen and oxygen atoms in total. The minimum Gasteiger partial charge on any atom is -0.324 e. The summed E-state index contributed by atoms with van der Waals surface area (Å²) in [5, 5.41) is 0. The summed E-state index contributed by atoms with van der Waals surface area (Å²) in [4.78, 5) is 19.3. The zero-order valence-corrected chi connectivity index (χ0v) is 9.50. The molecule has 0 unspecified atom stereocenters. The number of hydrogen-bond donors (Lipinski definition) is 2. The molecule has 13 heavy (non-hydrogen) atoms. The van der Waals surface area contributed by atoms with Crippen LogP contribution in [0.25, 0.3) is 0 Å². The van der Waals surface area contributed by atoms with Gasteiger partial charge in [0.15, 0.2) is 0 Å². The van der Waals surface area contributed by atoms with Crippen molar-refractivity contribution in [1.29, 1.82) is 0 Å². The van der Waals surface area contributed by atoms with E-state index in [4.69, 9.17) is 9.79 Å². The standard InChI is InChI=1S/C8H20NO3P/c1-4-5-8(2)9(3)6-7-13(10,11)12/h8H,4-7H2,1-3H3,(H2,10,11,12)/t8-/m1/s1. The predicted molar refractivity (Wildman–Crippen MR) is 53.9 cm³/mol. The summed E-state index contributed by atoms with van der Waals surface area (Å²) < 4.78 is 10.6. The van der Waals surface area contributed by atoms with E-state index >= 15 is 0 Å². The normalized spacial score (nSPS) is 14.9. The maximum atomic E-state index is 10.6. The average Bonchev–Trinajstić information content (AvgIpc) is 1.99.